The Hall–Kier alpha value is -2.66. The first kappa shape index (κ1) is 18.7. The van der Waals surface area contributed by atoms with Crippen molar-refractivity contribution in [2.75, 3.05) is 7.05 Å². The van der Waals surface area contributed by atoms with Crippen molar-refractivity contribution in [1.82, 2.24) is 19.7 Å². The fourth-order valence-corrected chi connectivity index (χ4v) is 4.12. The molecule has 6 heteroatoms. The first-order chi connectivity index (χ1) is 13.5. The van der Waals surface area contributed by atoms with Gasteiger partial charge in [0.05, 0.1) is 17.1 Å². The van der Waals surface area contributed by atoms with Gasteiger partial charge in [0.2, 0.25) is 5.91 Å². The number of hydrogen-bond acceptors (Lipinski definition) is 3. The molecule has 0 N–H and O–H groups in total. The van der Waals surface area contributed by atoms with Gasteiger partial charge < -0.3 is 4.90 Å². The molecule has 0 saturated heterocycles. The van der Waals surface area contributed by atoms with E-state index in [1.807, 2.05) is 60.5 Å². The molecule has 3 aromatic rings. The third-order valence-electron chi connectivity index (χ3n) is 5.95. The summed E-state index contributed by atoms with van der Waals surface area (Å²) >= 11 is 6.20. The number of carbonyl (C=O) groups is 1. The number of halogens is 1. The van der Waals surface area contributed by atoms with E-state index in [2.05, 4.69) is 17.0 Å². The minimum absolute atomic E-state index is 0.0334. The number of nitrogens with zero attached hydrogens (tertiary/aromatic N) is 4. The van der Waals surface area contributed by atoms with Crippen LogP contribution in [0, 0.1) is 0 Å². The monoisotopic (exact) mass is 394 g/mol. The van der Waals surface area contributed by atoms with Crippen LogP contribution in [0.2, 0.25) is 5.02 Å². The van der Waals surface area contributed by atoms with E-state index in [0.29, 0.717) is 5.02 Å². The van der Waals surface area contributed by atoms with Crippen LogP contribution in [0.5, 0.6) is 0 Å². The summed E-state index contributed by atoms with van der Waals surface area (Å²) in [6.07, 6.45) is 5.98. The van der Waals surface area contributed by atoms with Gasteiger partial charge in [0, 0.05) is 12.1 Å². The first-order valence-electron chi connectivity index (χ1n) is 9.49. The Morgan fingerprint density at radius 3 is 2.54 bits per heavy atom. The number of aromatic nitrogens is 3. The molecule has 1 aromatic heterocycles. The Bertz CT molecular complexity index is 964. The van der Waals surface area contributed by atoms with Crippen LogP contribution in [0.3, 0.4) is 0 Å². The van der Waals surface area contributed by atoms with E-state index in [1.54, 1.807) is 11.0 Å². The lowest BCUT2D eigenvalue weighted by atomic mass is 9.63. The van der Waals surface area contributed by atoms with Gasteiger partial charge >= 0.3 is 0 Å². The third-order valence-corrected chi connectivity index (χ3v) is 6.19. The van der Waals surface area contributed by atoms with Crippen molar-refractivity contribution < 1.29 is 4.79 Å². The molecule has 1 aliphatic rings. The fraction of sp³-hybridized carbons (Fsp3) is 0.318. The summed E-state index contributed by atoms with van der Waals surface area (Å²) in [5.74, 6) is 0.161. The lowest BCUT2D eigenvalue weighted by molar-refractivity contribution is -0.141. The summed E-state index contributed by atoms with van der Waals surface area (Å²) in [4.78, 5) is 19.3. The SMILES string of the molecule is CC(c1ccc(-n2cncn2)cc1)N(C)C(=O)C1(c2cccc(Cl)c2)CCC1. The zero-order valence-electron chi connectivity index (χ0n) is 16.0. The van der Waals surface area contributed by atoms with Crippen molar-refractivity contribution in [3.8, 4) is 5.69 Å². The van der Waals surface area contributed by atoms with Gasteiger partial charge in [0.25, 0.3) is 0 Å². The molecule has 2 aromatic carbocycles. The molecule has 1 aliphatic carbocycles. The molecular formula is C22H23ClN4O. The summed E-state index contributed by atoms with van der Waals surface area (Å²) in [7, 11) is 1.89. The molecule has 1 atom stereocenters. The number of carbonyl (C=O) groups excluding carboxylic acids is 1. The van der Waals surface area contributed by atoms with Gasteiger partial charge in [-0.2, -0.15) is 5.10 Å². The number of likely N-dealkylation sites (N-methyl/N-ethyl adjacent to an activating group) is 1. The van der Waals surface area contributed by atoms with E-state index in [0.717, 1.165) is 36.1 Å². The zero-order valence-corrected chi connectivity index (χ0v) is 16.8. The first-order valence-corrected chi connectivity index (χ1v) is 9.87. The van der Waals surface area contributed by atoms with E-state index in [1.165, 1.54) is 6.33 Å². The molecule has 0 bridgehead atoms. The van der Waals surface area contributed by atoms with Crippen molar-refractivity contribution in [2.45, 2.75) is 37.6 Å². The Labute approximate surface area is 170 Å². The summed E-state index contributed by atoms with van der Waals surface area (Å²) < 4.78 is 1.71. The predicted octanol–water partition coefficient (Wildman–Crippen LogP) is 4.56. The quantitative estimate of drug-likeness (QED) is 0.637. The van der Waals surface area contributed by atoms with Gasteiger partial charge in [-0.05, 0) is 55.2 Å². The fourth-order valence-electron chi connectivity index (χ4n) is 3.93. The maximum absolute atomic E-state index is 13.5. The Balaban J connectivity index is 1.56. The van der Waals surface area contributed by atoms with E-state index in [9.17, 15) is 4.79 Å². The topological polar surface area (TPSA) is 51.0 Å². The predicted molar refractivity (Wildman–Crippen MR) is 110 cm³/mol. The Morgan fingerprint density at radius 2 is 1.96 bits per heavy atom. The summed E-state index contributed by atoms with van der Waals surface area (Å²) in [5.41, 5.74) is 2.60. The normalized spacial score (nSPS) is 16.2. The van der Waals surface area contributed by atoms with Gasteiger partial charge in [0.1, 0.15) is 12.7 Å². The number of benzene rings is 2. The third kappa shape index (κ3) is 3.20. The lowest BCUT2D eigenvalue weighted by Crippen LogP contribution is -2.50. The highest BCUT2D eigenvalue weighted by Crippen LogP contribution is 2.46. The smallest absolute Gasteiger partial charge is 0.233 e. The summed E-state index contributed by atoms with van der Waals surface area (Å²) in [6.45, 7) is 2.06. The van der Waals surface area contributed by atoms with Crippen LogP contribution in [0.25, 0.3) is 5.69 Å². The van der Waals surface area contributed by atoms with Gasteiger partial charge in [-0.3, -0.25) is 4.79 Å². The average molecular weight is 395 g/mol. The summed E-state index contributed by atoms with van der Waals surface area (Å²) in [5, 5.41) is 4.82. The van der Waals surface area contributed by atoms with Crippen LogP contribution in [0.1, 0.15) is 43.4 Å². The molecule has 28 heavy (non-hydrogen) atoms. The summed E-state index contributed by atoms with van der Waals surface area (Å²) in [6, 6.07) is 15.8. The van der Waals surface area contributed by atoms with Crippen molar-refractivity contribution >= 4 is 17.5 Å². The standard InChI is InChI=1S/C22H23ClN4O/c1-16(17-7-9-20(10-8-17)27-15-24-14-25-27)26(2)21(28)22(11-4-12-22)18-5-3-6-19(23)13-18/h3,5-10,13-16H,4,11-12H2,1-2H3. The average Bonchev–Trinajstić information content (AvgIpc) is 3.21. The van der Waals surface area contributed by atoms with Crippen LogP contribution in [-0.4, -0.2) is 32.6 Å². The molecule has 0 aliphatic heterocycles. The maximum Gasteiger partial charge on any atom is 0.233 e. The number of amides is 1. The minimum Gasteiger partial charge on any atom is -0.338 e. The van der Waals surface area contributed by atoms with E-state index in [-0.39, 0.29) is 11.9 Å². The molecule has 0 spiro atoms. The molecule has 0 radical (unpaired) electrons. The second-order valence-corrected chi connectivity index (χ2v) is 7.91. The van der Waals surface area contributed by atoms with Crippen molar-refractivity contribution in [1.29, 1.82) is 0 Å². The van der Waals surface area contributed by atoms with E-state index < -0.39 is 5.41 Å². The number of hydrogen-bond donors (Lipinski definition) is 0. The van der Waals surface area contributed by atoms with Gasteiger partial charge in [-0.25, -0.2) is 9.67 Å². The van der Waals surface area contributed by atoms with E-state index in [4.69, 9.17) is 11.6 Å². The molecule has 1 unspecified atom stereocenters. The second-order valence-electron chi connectivity index (χ2n) is 7.47. The Morgan fingerprint density at radius 1 is 1.21 bits per heavy atom. The van der Waals surface area contributed by atoms with Crippen LogP contribution in [0.15, 0.2) is 61.2 Å². The van der Waals surface area contributed by atoms with Crippen molar-refractivity contribution in [3.63, 3.8) is 0 Å². The molecule has 4 rings (SSSR count). The van der Waals surface area contributed by atoms with Crippen LogP contribution in [0.4, 0.5) is 0 Å². The lowest BCUT2D eigenvalue weighted by Gasteiger charge is -2.44. The minimum atomic E-state index is -0.450. The Kier molecular flexibility index (Phi) is 4.94. The molecule has 1 amide bonds. The molecule has 1 heterocycles. The molecule has 144 valence electrons. The van der Waals surface area contributed by atoms with Crippen LogP contribution < -0.4 is 0 Å². The molecular weight excluding hydrogens is 372 g/mol. The van der Waals surface area contributed by atoms with Crippen LogP contribution >= 0.6 is 11.6 Å². The van der Waals surface area contributed by atoms with Gasteiger partial charge in [-0.1, -0.05) is 42.3 Å². The number of rotatable bonds is 5. The highest BCUT2D eigenvalue weighted by atomic mass is 35.5. The molecule has 1 fully saturated rings. The highest BCUT2D eigenvalue weighted by Gasteiger charge is 2.47. The molecule has 5 nitrogen and oxygen atoms in total. The van der Waals surface area contributed by atoms with Crippen molar-refractivity contribution in [3.05, 3.63) is 77.3 Å². The highest BCUT2D eigenvalue weighted by molar-refractivity contribution is 6.30. The zero-order chi connectivity index (χ0) is 19.7. The second kappa shape index (κ2) is 7.40. The van der Waals surface area contributed by atoms with Gasteiger partial charge in [0.15, 0.2) is 0 Å². The largest absolute Gasteiger partial charge is 0.338 e. The maximum atomic E-state index is 13.5. The van der Waals surface area contributed by atoms with E-state index >= 15 is 0 Å². The van der Waals surface area contributed by atoms with Crippen molar-refractivity contribution in [2.24, 2.45) is 0 Å². The van der Waals surface area contributed by atoms with Crippen LogP contribution in [-0.2, 0) is 10.2 Å². The van der Waals surface area contributed by atoms with Gasteiger partial charge in [-0.15, -0.1) is 0 Å². The molecule has 1 saturated carbocycles.